The third kappa shape index (κ3) is 9.09. The maximum absolute atomic E-state index is 12.2. The third-order valence-electron chi connectivity index (χ3n) is 6.41. The molecule has 1 atom stereocenters. The minimum absolute atomic E-state index is 0.166. The molecule has 10 nitrogen and oxygen atoms in total. The van der Waals surface area contributed by atoms with E-state index >= 15 is 0 Å². The van der Waals surface area contributed by atoms with Gasteiger partial charge >= 0.3 is 5.97 Å². The Bertz CT molecular complexity index is 1050. The number of para-hydroxylation sites is 2. The summed E-state index contributed by atoms with van der Waals surface area (Å²) in [5, 5.41) is 0. The molecule has 0 bridgehead atoms. The van der Waals surface area contributed by atoms with Crippen molar-refractivity contribution in [1.82, 2.24) is 4.90 Å². The van der Waals surface area contributed by atoms with Gasteiger partial charge in [0.05, 0.1) is 47.2 Å². The van der Waals surface area contributed by atoms with Crippen LogP contribution in [0.5, 0.6) is 28.7 Å². The number of rotatable bonds is 14. The Morgan fingerprint density at radius 1 is 0.875 bits per heavy atom. The molecule has 0 saturated carbocycles. The van der Waals surface area contributed by atoms with E-state index in [1.165, 1.54) is 0 Å². The van der Waals surface area contributed by atoms with Crippen LogP contribution in [-0.4, -0.2) is 97.0 Å². The molecule has 222 valence electrons. The van der Waals surface area contributed by atoms with Gasteiger partial charge in [0.2, 0.25) is 5.75 Å². The fourth-order valence-corrected chi connectivity index (χ4v) is 4.53. The average Bonchev–Trinajstić information content (AvgIpc) is 2.94. The van der Waals surface area contributed by atoms with Crippen molar-refractivity contribution < 1.29 is 38.0 Å². The molecule has 1 saturated heterocycles. The van der Waals surface area contributed by atoms with E-state index in [1.807, 2.05) is 39.0 Å². The van der Waals surface area contributed by atoms with Gasteiger partial charge in [-0.3, -0.25) is 9.69 Å². The molecule has 0 radical (unpaired) electrons. The Morgan fingerprint density at radius 2 is 1.50 bits per heavy atom. The number of benzene rings is 2. The van der Waals surface area contributed by atoms with Crippen molar-refractivity contribution in [2.24, 2.45) is 0 Å². The molecule has 0 spiro atoms. The quantitative estimate of drug-likeness (QED) is 0.316. The number of methoxy groups -OCH3 is 4. The van der Waals surface area contributed by atoms with Crippen LogP contribution in [0.4, 0.5) is 5.69 Å². The van der Waals surface area contributed by atoms with Crippen LogP contribution >= 0.6 is 0 Å². The molecule has 1 aliphatic rings. The highest BCUT2D eigenvalue weighted by Gasteiger charge is 2.24. The summed E-state index contributed by atoms with van der Waals surface area (Å²) in [6.45, 7) is 10.1. The Balaban J connectivity index is 1.64. The van der Waals surface area contributed by atoms with Gasteiger partial charge < -0.3 is 38.1 Å². The highest BCUT2D eigenvalue weighted by Crippen LogP contribution is 2.40. The Hall–Kier alpha value is -3.37. The van der Waals surface area contributed by atoms with Crippen LogP contribution < -0.4 is 28.6 Å². The topological polar surface area (TPSA) is 88.2 Å². The zero-order valence-corrected chi connectivity index (χ0v) is 24.9. The molecule has 0 amide bonds. The smallest absolute Gasteiger partial charge is 0.308 e. The molecule has 0 N–H and O–H groups in total. The molecule has 0 aliphatic carbocycles. The van der Waals surface area contributed by atoms with E-state index in [0.717, 1.165) is 37.6 Å². The molecule has 2 aromatic carbocycles. The van der Waals surface area contributed by atoms with Gasteiger partial charge in [-0.1, -0.05) is 12.1 Å². The van der Waals surface area contributed by atoms with Gasteiger partial charge in [-0.25, -0.2) is 0 Å². The van der Waals surface area contributed by atoms with Gasteiger partial charge in [0.15, 0.2) is 11.5 Å². The first-order chi connectivity index (χ1) is 19.2. The molecular weight excluding hydrogens is 516 g/mol. The molecule has 10 heteroatoms. The largest absolute Gasteiger partial charge is 0.495 e. The molecule has 0 aromatic heterocycles. The van der Waals surface area contributed by atoms with E-state index < -0.39 is 5.60 Å². The number of nitrogens with zero attached hydrogens (tertiary/aromatic N) is 2. The summed E-state index contributed by atoms with van der Waals surface area (Å²) in [5.41, 5.74) is 0.563. The van der Waals surface area contributed by atoms with Gasteiger partial charge in [0.1, 0.15) is 29.8 Å². The molecule has 1 aliphatic heterocycles. The lowest BCUT2D eigenvalue weighted by atomic mass is 10.2. The lowest BCUT2D eigenvalue weighted by Crippen LogP contribution is -2.49. The van der Waals surface area contributed by atoms with Crippen molar-refractivity contribution in [3.63, 3.8) is 0 Å². The molecule has 1 unspecified atom stereocenters. The fourth-order valence-electron chi connectivity index (χ4n) is 4.53. The van der Waals surface area contributed by atoms with Crippen LogP contribution in [0.3, 0.4) is 0 Å². The zero-order chi connectivity index (χ0) is 29.1. The SMILES string of the molecule is COc1ccccc1N1CCN(CC(COc2cc(OC)c(OC)c(OC)c2)OCCC(=O)OC(C)(C)C)CC1. The van der Waals surface area contributed by atoms with Crippen LogP contribution in [0.2, 0.25) is 0 Å². The predicted molar refractivity (Wildman–Crippen MR) is 153 cm³/mol. The normalized spacial score (nSPS) is 14.8. The minimum atomic E-state index is -0.535. The Kier molecular flexibility index (Phi) is 11.6. The van der Waals surface area contributed by atoms with Crippen LogP contribution in [0.15, 0.2) is 36.4 Å². The Labute approximate surface area is 238 Å². The lowest BCUT2D eigenvalue weighted by molar-refractivity contribution is -0.156. The summed E-state index contributed by atoms with van der Waals surface area (Å²) in [7, 11) is 6.38. The van der Waals surface area contributed by atoms with Gasteiger partial charge in [0.25, 0.3) is 0 Å². The highest BCUT2D eigenvalue weighted by atomic mass is 16.6. The number of hydrogen-bond donors (Lipinski definition) is 0. The first-order valence-corrected chi connectivity index (χ1v) is 13.5. The summed E-state index contributed by atoms with van der Waals surface area (Å²) in [4.78, 5) is 16.9. The van der Waals surface area contributed by atoms with Crippen molar-refractivity contribution in [2.45, 2.75) is 38.9 Å². The van der Waals surface area contributed by atoms with Crippen LogP contribution in [0, 0.1) is 0 Å². The second-order valence-corrected chi connectivity index (χ2v) is 10.5. The van der Waals surface area contributed by atoms with Crippen LogP contribution in [-0.2, 0) is 14.3 Å². The second kappa shape index (κ2) is 14.9. The molecule has 1 fully saturated rings. The van der Waals surface area contributed by atoms with Gasteiger partial charge in [-0.05, 0) is 32.9 Å². The molecule has 2 aromatic rings. The maximum atomic E-state index is 12.2. The van der Waals surface area contributed by atoms with Crippen LogP contribution in [0.1, 0.15) is 27.2 Å². The summed E-state index contributed by atoms with van der Waals surface area (Å²) in [6.07, 6.45) is -0.112. The van der Waals surface area contributed by atoms with E-state index in [4.69, 9.17) is 33.2 Å². The summed E-state index contributed by atoms with van der Waals surface area (Å²) >= 11 is 0. The number of piperazine rings is 1. The van der Waals surface area contributed by atoms with Gasteiger partial charge in [-0.15, -0.1) is 0 Å². The predicted octanol–water partition coefficient (Wildman–Crippen LogP) is 4.04. The minimum Gasteiger partial charge on any atom is -0.495 e. The van der Waals surface area contributed by atoms with Gasteiger partial charge in [-0.2, -0.15) is 0 Å². The van der Waals surface area contributed by atoms with E-state index in [9.17, 15) is 4.79 Å². The summed E-state index contributed by atoms with van der Waals surface area (Å²) < 4.78 is 39.6. The van der Waals surface area contributed by atoms with Crippen LogP contribution in [0.25, 0.3) is 0 Å². The number of ether oxygens (including phenoxy) is 7. The number of hydrogen-bond acceptors (Lipinski definition) is 10. The number of esters is 1. The second-order valence-electron chi connectivity index (χ2n) is 10.5. The van der Waals surface area contributed by atoms with Crippen molar-refractivity contribution >= 4 is 11.7 Å². The van der Waals surface area contributed by atoms with Crippen molar-refractivity contribution in [1.29, 1.82) is 0 Å². The fraction of sp³-hybridized carbons (Fsp3) is 0.567. The maximum Gasteiger partial charge on any atom is 0.308 e. The summed E-state index contributed by atoms with van der Waals surface area (Å²) in [5.74, 6) is 2.66. The van der Waals surface area contributed by atoms with E-state index in [1.54, 1.807) is 40.6 Å². The lowest BCUT2D eigenvalue weighted by Gasteiger charge is -2.38. The number of carbonyl (C=O) groups excluding carboxylic acids is 1. The van der Waals surface area contributed by atoms with Crippen molar-refractivity contribution in [3.05, 3.63) is 36.4 Å². The highest BCUT2D eigenvalue weighted by molar-refractivity contribution is 5.69. The molecular formula is C30H44N2O8. The Morgan fingerprint density at radius 3 is 2.08 bits per heavy atom. The number of anilines is 1. The van der Waals surface area contributed by atoms with E-state index in [0.29, 0.717) is 29.5 Å². The molecule has 3 rings (SSSR count). The van der Waals surface area contributed by atoms with E-state index in [2.05, 4.69) is 15.9 Å². The first-order valence-electron chi connectivity index (χ1n) is 13.5. The van der Waals surface area contributed by atoms with E-state index in [-0.39, 0.29) is 31.7 Å². The molecule has 1 heterocycles. The van der Waals surface area contributed by atoms with Crippen molar-refractivity contribution in [2.75, 3.05) is 79.3 Å². The third-order valence-corrected chi connectivity index (χ3v) is 6.41. The van der Waals surface area contributed by atoms with Gasteiger partial charge in [0, 0.05) is 44.9 Å². The number of carbonyl (C=O) groups is 1. The first kappa shape index (κ1) is 31.2. The zero-order valence-electron chi connectivity index (χ0n) is 24.9. The summed E-state index contributed by atoms with van der Waals surface area (Å²) in [6, 6.07) is 11.6. The standard InChI is InChI=1S/C30H44N2O8/c1-30(2,3)40-28(33)12-17-38-23(21-39-22-18-26(35-5)29(37-7)27(19-22)36-6)20-31-13-15-32(16-14-31)24-10-8-9-11-25(24)34-4/h8-11,18-19,23H,12-17,20-21H2,1-7H3. The van der Waals surface area contributed by atoms with Crippen molar-refractivity contribution in [3.8, 4) is 28.7 Å². The molecule has 40 heavy (non-hydrogen) atoms. The average molecular weight is 561 g/mol. The monoisotopic (exact) mass is 560 g/mol.